The molecule has 0 saturated carbocycles. The van der Waals surface area contributed by atoms with Crippen LogP contribution in [0.15, 0.2) is 36.5 Å². The van der Waals surface area contributed by atoms with E-state index in [2.05, 4.69) is 0 Å². The summed E-state index contributed by atoms with van der Waals surface area (Å²) in [5.74, 6) is -0.0247. The molecule has 0 aromatic heterocycles. The minimum absolute atomic E-state index is 0.0247. The zero-order chi connectivity index (χ0) is 10.7. The molecule has 1 aromatic carbocycles. The molecule has 0 radical (unpaired) electrons. The molecule has 3 nitrogen and oxygen atoms in total. The second kappa shape index (κ2) is 3.97. The number of allylic oxidation sites excluding steroid dienone is 1. The Kier molecular flexibility index (Phi) is 2.51. The summed E-state index contributed by atoms with van der Waals surface area (Å²) in [5, 5.41) is 8.40. The van der Waals surface area contributed by atoms with Crippen molar-refractivity contribution in [2.45, 2.75) is 6.42 Å². The van der Waals surface area contributed by atoms with Crippen LogP contribution < -0.4 is 0 Å². The van der Waals surface area contributed by atoms with Crippen molar-refractivity contribution in [1.82, 2.24) is 4.90 Å². The van der Waals surface area contributed by atoms with Crippen molar-refractivity contribution >= 4 is 5.91 Å². The lowest BCUT2D eigenvalue weighted by Crippen LogP contribution is -2.33. The van der Waals surface area contributed by atoms with E-state index < -0.39 is 0 Å². The minimum Gasteiger partial charge on any atom is -0.314 e. The number of carbonyl (C=O) groups excluding carboxylic acids is 1. The van der Waals surface area contributed by atoms with Gasteiger partial charge in [0.1, 0.15) is 0 Å². The van der Waals surface area contributed by atoms with Crippen LogP contribution in [-0.2, 0) is 6.42 Å². The first kappa shape index (κ1) is 9.47. The van der Waals surface area contributed by atoms with E-state index in [1.165, 1.54) is 12.3 Å². The molecular formula is C12H10N2O. The quantitative estimate of drug-likeness (QED) is 0.645. The molecule has 0 saturated heterocycles. The molecular weight excluding hydrogens is 188 g/mol. The van der Waals surface area contributed by atoms with Crippen LogP contribution in [0.3, 0.4) is 0 Å². The van der Waals surface area contributed by atoms with Crippen LogP contribution in [0.2, 0.25) is 0 Å². The van der Waals surface area contributed by atoms with E-state index >= 15 is 0 Å². The molecule has 0 N–H and O–H groups in total. The van der Waals surface area contributed by atoms with E-state index in [1.807, 2.05) is 30.3 Å². The third kappa shape index (κ3) is 1.75. The molecule has 0 bridgehead atoms. The zero-order valence-electron chi connectivity index (χ0n) is 8.18. The Hall–Kier alpha value is -2.08. The first-order valence-electron chi connectivity index (χ1n) is 4.78. The van der Waals surface area contributed by atoms with E-state index in [-0.39, 0.29) is 5.91 Å². The lowest BCUT2D eigenvalue weighted by molar-refractivity contribution is 0.0809. The second-order valence-electron chi connectivity index (χ2n) is 3.35. The molecule has 74 valence electrons. The predicted molar refractivity (Wildman–Crippen MR) is 55.9 cm³/mol. The van der Waals surface area contributed by atoms with E-state index in [4.69, 9.17) is 5.26 Å². The molecule has 1 aliphatic heterocycles. The fourth-order valence-electron chi connectivity index (χ4n) is 1.71. The standard InChI is InChI=1S/C12H10N2O/c13-7-3-8-14-9-6-10-4-1-2-5-11(10)12(14)15/h1-5,8H,6,9H2/b8-3+. The molecule has 0 aliphatic carbocycles. The highest BCUT2D eigenvalue weighted by atomic mass is 16.2. The Morgan fingerprint density at radius 1 is 1.40 bits per heavy atom. The summed E-state index contributed by atoms with van der Waals surface area (Å²) in [6.07, 6.45) is 3.71. The molecule has 1 aliphatic rings. The number of benzene rings is 1. The SMILES string of the molecule is N#C/C=C/N1CCc2ccccc2C1=O. The molecule has 2 rings (SSSR count). The van der Waals surface area contributed by atoms with Gasteiger partial charge in [-0.1, -0.05) is 18.2 Å². The van der Waals surface area contributed by atoms with Crippen LogP contribution in [0.5, 0.6) is 0 Å². The van der Waals surface area contributed by atoms with Gasteiger partial charge in [0.25, 0.3) is 5.91 Å². The van der Waals surface area contributed by atoms with E-state index in [1.54, 1.807) is 4.90 Å². The van der Waals surface area contributed by atoms with Gasteiger partial charge < -0.3 is 4.90 Å². The highest BCUT2D eigenvalue weighted by Gasteiger charge is 2.21. The predicted octanol–water partition coefficient (Wildman–Crippen LogP) is 1.72. The maximum absolute atomic E-state index is 11.9. The number of hydrogen-bond acceptors (Lipinski definition) is 2. The van der Waals surface area contributed by atoms with Gasteiger partial charge in [-0.05, 0) is 18.1 Å². The minimum atomic E-state index is -0.0247. The van der Waals surface area contributed by atoms with Crippen LogP contribution in [-0.4, -0.2) is 17.4 Å². The average molecular weight is 198 g/mol. The summed E-state index contributed by atoms with van der Waals surface area (Å²) < 4.78 is 0. The molecule has 0 spiro atoms. The first-order valence-corrected chi connectivity index (χ1v) is 4.78. The summed E-state index contributed by atoms with van der Waals surface area (Å²) in [6.45, 7) is 0.647. The molecule has 1 amide bonds. The van der Waals surface area contributed by atoms with Gasteiger partial charge in [-0.3, -0.25) is 4.79 Å². The van der Waals surface area contributed by atoms with Gasteiger partial charge in [-0.2, -0.15) is 5.26 Å². The monoisotopic (exact) mass is 198 g/mol. The number of fused-ring (bicyclic) bond motifs is 1. The zero-order valence-corrected chi connectivity index (χ0v) is 8.18. The smallest absolute Gasteiger partial charge is 0.258 e. The summed E-state index contributed by atoms with van der Waals surface area (Å²) >= 11 is 0. The molecule has 1 aromatic rings. The maximum Gasteiger partial charge on any atom is 0.258 e. The van der Waals surface area contributed by atoms with Crippen molar-refractivity contribution in [3.8, 4) is 6.07 Å². The number of nitriles is 1. The number of rotatable bonds is 1. The summed E-state index contributed by atoms with van der Waals surface area (Å²) in [6, 6.07) is 9.47. The van der Waals surface area contributed by atoms with Crippen LogP contribution in [0.4, 0.5) is 0 Å². The third-order valence-corrected chi connectivity index (χ3v) is 2.46. The van der Waals surface area contributed by atoms with Crippen LogP contribution in [0.1, 0.15) is 15.9 Å². The van der Waals surface area contributed by atoms with Gasteiger partial charge in [0.2, 0.25) is 0 Å². The molecule has 0 atom stereocenters. The van der Waals surface area contributed by atoms with Gasteiger partial charge in [-0.25, -0.2) is 0 Å². The number of nitrogens with zero attached hydrogens (tertiary/aromatic N) is 2. The Morgan fingerprint density at radius 3 is 3.00 bits per heavy atom. The summed E-state index contributed by atoms with van der Waals surface area (Å²) in [5.41, 5.74) is 1.83. The van der Waals surface area contributed by atoms with E-state index in [0.717, 1.165) is 17.5 Å². The highest BCUT2D eigenvalue weighted by molar-refractivity contribution is 5.97. The number of hydrogen-bond donors (Lipinski definition) is 0. The molecule has 15 heavy (non-hydrogen) atoms. The van der Waals surface area contributed by atoms with Crippen LogP contribution >= 0.6 is 0 Å². The summed E-state index contributed by atoms with van der Waals surface area (Å²) in [4.78, 5) is 13.5. The Bertz CT molecular complexity index is 457. The first-order chi connectivity index (χ1) is 7.33. The van der Waals surface area contributed by atoms with Crippen molar-refractivity contribution in [3.05, 3.63) is 47.7 Å². The lowest BCUT2D eigenvalue weighted by atomic mass is 9.99. The summed E-state index contributed by atoms with van der Waals surface area (Å²) in [7, 11) is 0. The normalized spacial score (nSPS) is 15.1. The van der Waals surface area contributed by atoms with Gasteiger partial charge >= 0.3 is 0 Å². The average Bonchev–Trinajstić information content (AvgIpc) is 2.29. The van der Waals surface area contributed by atoms with Crippen LogP contribution in [0, 0.1) is 11.3 Å². The Labute approximate surface area is 88.2 Å². The Balaban J connectivity index is 2.31. The van der Waals surface area contributed by atoms with Gasteiger partial charge in [0.05, 0.1) is 6.07 Å². The van der Waals surface area contributed by atoms with Gasteiger partial charge in [0, 0.05) is 24.4 Å². The molecule has 0 fully saturated rings. The largest absolute Gasteiger partial charge is 0.314 e. The molecule has 1 heterocycles. The van der Waals surface area contributed by atoms with Crippen molar-refractivity contribution in [3.63, 3.8) is 0 Å². The van der Waals surface area contributed by atoms with Crippen LogP contribution in [0.25, 0.3) is 0 Å². The topological polar surface area (TPSA) is 44.1 Å². The van der Waals surface area contributed by atoms with E-state index in [0.29, 0.717) is 6.54 Å². The van der Waals surface area contributed by atoms with Gasteiger partial charge in [0.15, 0.2) is 0 Å². The van der Waals surface area contributed by atoms with Crippen molar-refractivity contribution in [2.24, 2.45) is 0 Å². The van der Waals surface area contributed by atoms with Crippen molar-refractivity contribution < 1.29 is 4.79 Å². The van der Waals surface area contributed by atoms with Crippen molar-refractivity contribution in [1.29, 1.82) is 5.26 Å². The molecule has 0 unspecified atom stereocenters. The number of carbonyl (C=O) groups is 1. The third-order valence-electron chi connectivity index (χ3n) is 2.46. The highest BCUT2D eigenvalue weighted by Crippen LogP contribution is 2.18. The number of amides is 1. The fourth-order valence-corrected chi connectivity index (χ4v) is 1.71. The second-order valence-corrected chi connectivity index (χ2v) is 3.35. The maximum atomic E-state index is 11.9. The lowest BCUT2D eigenvalue weighted by Gasteiger charge is -2.24. The van der Waals surface area contributed by atoms with Crippen molar-refractivity contribution in [2.75, 3.05) is 6.54 Å². The molecule has 3 heteroatoms. The Morgan fingerprint density at radius 2 is 2.20 bits per heavy atom. The van der Waals surface area contributed by atoms with Gasteiger partial charge in [-0.15, -0.1) is 0 Å². The van der Waals surface area contributed by atoms with E-state index in [9.17, 15) is 4.79 Å². The fraction of sp³-hybridized carbons (Fsp3) is 0.167.